The van der Waals surface area contributed by atoms with Gasteiger partial charge in [-0.1, -0.05) is 194 Å². The molecule has 2 aliphatic carbocycles. The van der Waals surface area contributed by atoms with Gasteiger partial charge < -0.3 is 18.3 Å². The largest absolute Gasteiger partial charge is 0.309 e. The molecule has 0 aliphatic heterocycles. The van der Waals surface area contributed by atoms with E-state index in [1.165, 1.54) is 181 Å². The number of rotatable bonds is 7. The zero-order chi connectivity index (χ0) is 67.6. The molecule has 0 fully saturated rings. The highest BCUT2D eigenvalue weighted by molar-refractivity contribution is 6.23. The molecule has 0 N–H and O–H groups in total. The van der Waals surface area contributed by atoms with Gasteiger partial charge in [-0.25, -0.2) is 0 Å². The smallest absolute Gasteiger partial charge is 0.0619 e. The molecule has 0 bridgehead atoms. The van der Waals surface area contributed by atoms with Gasteiger partial charge in [-0.05, 0) is 193 Å². The second-order valence-electron chi connectivity index (χ2n) is 28.4. The van der Waals surface area contributed by atoms with Crippen molar-refractivity contribution in [3.8, 4) is 101 Å². The van der Waals surface area contributed by atoms with Crippen LogP contribution in [0.25, 0.3) is 231 Å². The Bertz CT molecular complexity index is 7580. The predicted molar refractivity (Wildman–Crippen MR) is 435 cm³/mol. The van der Waals surface area contributed by atoms with Crippen molar-refractivity contribution in [2.75, 3.05) is 0 Å². The number of pyridine rings is 2. The molecule has 104 heavy (non-hydrogen) atoms. The first-order valence-corrected chi connectivity index (χ1v) is 35.8. The van der Waals surface area contributed by atoms with Crippen LogP contribution in [-0.4, -0.2) is 28.2 Å². The molecule has 6 nitrogen and oxygen atoms in total. The van der Waals surface area contributed by atoms with Crippen molar-refractivity contribution in [1.82, 2.24) is 28.2 Å². The molecule has 0 radical (unpaired) electrons. The molecule has 16 aromatic carbocycles. The van der Waals surface area contributed by atoms with Gasteiger partial charge in [0.05, 0.1) is 55.5 Å². The topological polar surface area (TPSA) is 45.5 Å². The lowest BCUT2D eigenvalue weighted by Gasteiger charge is -2.15. The van der Waals surface area contributed by atoms with E-state index in [1.807, 2.05) is 6.20 Å². The Labute approximate surface area is 595 Å². The molecule has 6 heteroatoms. The molecule has 0 unspecified atom stereocenters. The lowest BCUT2D eigenvalue weighted by Crippen LogP contribution is -1.97. The van der Waals surface area contributed by atoms with Gasteiger partial charge in [0.25, 0.3) is 0 Å². The molecule has 6 aromatic heterocycles. The number of fused-ring (bicyclic) bond motifs is 21. The van der Waals surface area contributed by atoms with Crippen molar-refractivity contribution in [3.63, 3.8) is 0 Å². The van der Waals surface area contributed by atoms with Crippen LogP contribution in [0.15, 0.2) is 340 Å². The van der Waals surface area contributed by atoms with Crippen LogP contribution in [-0.2, 0) is 0 Å². The van der Waals surface area contributed by atoms with E-state index in [0.29, 0.717) is 0 Å². The SMILES string of the molecule is c1ccc(-n2c3ccccc3c3cc(-c4ccc5c(c4)c4cc6ccccc6cc4n5-c4cccc5c4-c4cncc6cc(-c7ccc(-n8c9ccc(-c%10ccc%11c(c%10)c%10ccccc%10n%11-c%10cccc%11c%10-c%10cncc%12cccc-%11c%10%12)cc9c9ccc%10ccccc%10c98)cc7)cc-5c46)ccc32)cc1. The van der Waals surface area contributed by atoms with Crippen molar-refractivity contribution in [3.05, 3.63) is 340 Å². The molecule has 2 aliphatic rings. The third-order valence-electron chi connectivity index (χ3n) is 23.1. The lowest BCUT2D eigenvalue weighted by atomic mass is 9.97. The van der Waals surface area contributed by atoms with Crippen LogP contribution in [0.3, 0.4) is 0 Å². The van der Waals surface area contributed by atoms with E-state index in [1.54, 1.807) is 0 Å². The number of benzene rings is 16. The van der Waals surface area contributed by atoms with Gasteiger partial charge in [-0.2, -0.15) is 0 Å². The first-order chi connectivity index (χ1) is 51.6. The van der Waals surface area contributed by atoms with Crippen molar-refractivity contribution >= 4 is 130 Å². The first-order valence-electron chi connectivity index (χ1n) is 35.8. The van der Waals surface area contributed by atoms with Gasteiger partial charge in [-0.3, -0.25) is 9.97 Å². The van der Waals surface area contributed by atoms with Crippen LogP contribution < -0.4 is 0 Å². The van der Waals surface area contributed by atoms with Crippen LogP contribution in [0.2, 0.25) is 0 Å². The summed E-state index contributed by atoms with van der Waals surface area (Å²) >= 11 is 0. The fourth-order valence-electron chi connectivity index (χ4n) is 18.6. The monoisotopic (exact) mass is 1320 g/mol. The minimum absolute atomic E-state index is 1.11. The van der Waals surface area contributed by atoms with E-state index in [-0.39, 0.29) is 0 Å². The van der Waals surface area contributed by atoms with Crippen LogP contribution in [0, 0.1) is 0 Å². The third kappa shape index (κ3) is 7.67. The Morgan fingerprint density at radius 2 is 0.644 bits per heavy atom. The second kappa shape index (κ2) is 20.8. The third-order valence-corrected chi connectivity index (χ3v) is 23.1. The summed E-state index contributed by atoms with van der Waals surface area (Å²) in [4.78, 5) is 9.79. The summed E-state index contributed by atoms with van der Waals surface area (Å²) in [7, 11) is 0. The number of para-hydroxylation sites is 3. The van der Waals surface area contributed by atoms with Gasteiger partial charge in [0.2, 0.25) is 0 Å². The molecule has 0 atom stereocenters. The van der Waals surface area contributed by atoms with E-state index < -0.39 is 0 Å². The summed E-state index contributed by atoms with van der Waals surface area (Å²) in [5.74, 6) is 0. The van der Waals surface area contributed by atoms with Gasteiger partial charge in [0, 0.05) is 128 Å². The molecular formula is C98H56N6. The quantitative estimate of drug-likeness (QED) is 0.160. The summed E-state index contributed by atoms with van der Waals surface area (Å²) in [6.07, 6.45) is 8.18. The van der Waals surface area contributed by atoms with E-state index >= 15 is 0 Å². The molecule has 0 saturated carbocycles. The molecule has 22 aromatic rings. The maximum Gasteiger partial charge on any atom is 0.0619 e. The van der Waals surface area contributed by atoms with E-state index in [4.69, 9.17) is 9.97 Å². The molecule has 0 amide bonds. The van der Waals surface area contributed by atoms with E-state index in [2.05, 4.69) is 352 Å². The maximum atomic E-state index is 5.04. The Balaban J connectivity index is 0.611. The van der Waals surface area contributed by atoms with Crippen LogP contribution in [0.5, 0.6) is 0 Å². The molecule has 0 spiro atoms. The van der Waals surface area contributed by atoms with Gasteiger partial charge in [0.1, 0.15) is 0 Å². The van der Waals surface area contributed by atoms with Crippen molar-refractivity contribution in [2.24, 2.45) is 0 Å². The number of aromatic nitrogens is 6. The van der Waals surface area contributed by atoms with Crippen LogP contribution in [0.4, 0.5) is 0 Å². The van der Waals surface area contributed by atoms with Crippen molar-refractivity contribution in [1.29, 1.82) is 0 Å². The van der Waals surface area contributed by atoms with E-state index in [9.17, 15) is 0 Å². The second-order valence-corrected chi connectivity index (χ2v) is 28.4. The minimum atomic E-state index is 1.11. The standard InChI is InChI=1S/C98H56N6/c1-2-19-68(20-3-1)101-85-27-10-8-22-71(85)77-47-61(34-41-87(77)101)64-37-44-90-80(50-64)81-46-59-16-4-5-17-60(59)52-93(81)104(90)92-30-14-26-75-82-51-66(45-67-54-100-56-84(95(67)82)97(75)92)57-31-38-69(39-32-57)102-88-42-35-63(49-79(88)76-40-33-58-15-6-7-21-70(58)98(76)102)62-36-43-89-78(48-62)72-23-9-11-28-86(72)103(89)91-29-13-25-74-73-24-12-18-65-53-99-55-83(94(65)73)96(74)91/h1-56H. The normalized spacial score (nSPS) is 12.4. The van der Waals surface area contributed by atoms with Crippen LogP contribution in [0.1, 0.15) is 0 Å². The Hall–Kier alpha value is -13.9. The summed E-state index contributed by atoms with van der Waals surface area (Å²) in [6.45, 7) is 0. The van der Waals surface area contributed by atoms with Gasteiger partial charge in [0.15, 0.2) is 0 Å². The Morgan fingerprint density at radius 1 is 0.192 bits per heavy atom. The number of hydrogen-bond acceptors (Lipinski definition) is 2. The van der Waals surface area contributed by atoms with Crippen LogP contribution >= 0.6 is 0 Å². The highest BCUT2D eigenvalue weighted by atomic mass is 15.0. The molecule has 0 saturated heterocycles. The fourth-order valence-corrected chi connectivity index (χ4v) is 18.6. The van der Waals surface area contributed by atoms with Gasteiger partial charge >= 0.3 is 0 Å². The fraction of sp³-hybridized carbons (Fsp3) is 0. The van der Waals surface area contributed by atoms with E-state index in [0.717, 1.165) is 50.2 Å². The summed E-state index contributed by atoms with van der Waals surface area (Å²) in [6, 6.07) is 118. The Morgan fingerprint density at radius 3 is 1.31 bits per heavy atom. The highest BCUT2D eigenvalue weighted by Gasteiger charge is 2.30. The van der Waals surface area contributed by atoms with Gasteiger partial charge in [-0.15, -0.1) is 0 Å². The maximum absolute atomic E-state index is 5.04. The molecule has 24 rings (SSSR count). The zero-order valence-corrected chi connectivity index (χ0v) is 56.0. The summed E-state index contributed by atoms with van der Waals surface area (Å²) in [5.41, 5.74) is 30.8. The van der Waals surface area contributed by atoms with Crippen molar-refractivity contribution in [2.45, 2.75) is 0 Å². The van der Waals surface area contributed by atoms with Crippen molar-refractivity contribution < 1.29 is 0 Å². The minimum Gasteiger partial charge on any atom is -0.309 e. The average Bonchev–Trinajstić information content (AvgIpc) is 1.55. The molecular weight excluding hydrogens is 1260 g/mol. The molecule has 6 heterocycles. The lowest BCUT2D eigenvalue weighted by molar-refractivity contribution is 1.18. The first kappa shape index (κ1) is 55.9. The number of hydrogen-bond donors (Lipinski definition) is 0. The summed E-state index contributed by atoms with van der Waals surface area (Å²) in [5, 5.41) is 19.5. The summed E-state index contributed by atoms with van der Waals surface area (Å²) < 4.78 is 9.87. The number of nitrogens with zero attached hydrogens (tertiary/aromatic N) is 6. The molecule has 478 valence electrons. The zero-order valence-electron chi connectivity index (χ0n) is 56.0. The Kier molecular flexibility index (Phi) is 11.2. The average molecular weight is 1320 g/mol. The highest BCUT2D eigenvalue weighted by Crippen LogP contribution is 2.54. The predicted octanol–water partition coefficient (Wildman–Crippen LogP) is 25.8.